The van der Waals surface area contributed by atoms with Crippen LogP contribution in [0.4, 0.5) is 5.69 Å². The second-order valence-electron chi connectivity index (χ2n) is 4.71. The first kappa shape index (κ1) is 14.9. The van der Waals surface area contributed by atoms with E-state index in [0.29, 0.717) is 12.2 Å². The number of nitrogens with one attached hydrogen (secondary N) is 2. The zero-order valence-corrected chi connectivity index (χ0v) is 12.1. The van der Waals surface area contributed by atoms with Gasteiger partial charge < -0.3 is 5.32 Å². The highest BCUT2D eigenvalue weighted by molar-refractivity contribution is 7.93. The third-order valence-corrected chi connectivity index (χ3v) is 4.26. The second-order valence-corrected chi connectivity index (χ2v) is 6.81. The predicted molar refractivity (Wildman–Crippen MR) is 74.1 cm³/mol. The Bertz CT molecular complexity index is 469. The average molecular weight is 271 g/mol. The lowest BCUT2D eigenvalue weighted by Gasteiger charge is -2.16. The molecule has 1 unspecified atom stereocenters. The number of pyridine rings is 1. The Labute approximate surface area is 109 Å². The molecule has 1 aromatic heterocycles. The standard InChI is InChI=1S/C12H21N3O2S/c1-9(2)13-7-11(4)18(16,17)15-12-6-5-10(3)14-8-12/h5-6,8-9,11,13,15H,7H2,1-4H3. The third-order valence-electron chi connectivity index (χ3n) is 2.51. The van der Waals surface area contributed by atoms with E-state index in [1.807, 2.05) is 20.8 Å². The van der Waals surface area contributed by atoms with Crippen molar-refractivity contribution in [2.75, 3.05) is 11.3 Å². The molecule has 0 aliphatic heterocycles. The zero-order valence-electron chi connectivity index (χ0n) is 11.3. The summed E-state index contributed by atoms with van der Waals surface area (Å²) >= 11 is 0. The van der Waals surface area contributed by atoms with Gasteiger partial charge in [-0.1, -0.05) is 13.8 Å². The van der Waals surface area contributed by atoms with E-state index in [1.165, 1.54) is 6.20 Å². The summed E-state index contributed by atoms with van der Waals surface area (Å²) in [5.74, 6) is 0. The molecule has 102 valence electrons. The van der Waals surface area contributed by atoms with Gasteiger partial charge in [0.1, 0.15) is 0 Å². The van der Waals surface area contributed by atoms with Gasteiger partial charge >= 0.3 is 0 Å². The van der Waals surface area contributed by atoms with Gasteiger partial charge in [-0.2, -0.15) is 0 Å². The lowest BCUT2D eigenvalue weighted by Crippen LogP contribution is -2.37. The molecule has 0 aliphatic rings. The molecular weight excluding hydrogens is 250 g/mol. The van der Waals surface area contributed by atoms with Gasteiger partial charge in [-0.3, -0.25) is 9.71 Å². The number of hydrogen-bond acceptors (Lipinski definition) is 4. The Kier molecular flexibility index (Phi) is 5.10. The molecule has 0 spiro atoms. The van der Waals surface area contributed by atoms with Crippen LogP contribution in [0.3, 0.4) is 0 Å². The first-order valence-corrected chi connectivity index (χ1v) is 7.53. The molecular formula is C12H21N3O2S. The molecule has 0 fully saturated rings. The van der Waals surface area contributed by atoms with E-state index in [9.17, 15) is 8.42 Å². The molecule has 0 saturated carbocycles. The number of aromatic nitrogens is 1. The fourth-order valence-electron chi connectivity index (χ4n) is 1.30. The van der Waals surface area contributed by atoms with Gasteiger partial charge in [-0.05, 0) is 26.0 Å². The van der Waals surface area contributed by atoms with Gasteiger partial charge in [0.15, 0.2) is 0 Å². The van der Waals surface area contributed by atoms with E-state index in [2.05, 4.69) is 15.0 Å². The van der Waals surface area contributed by atoms with Gasteiger partial charge in [0.25, 0.3) is 0 Å². The molecule has 18 heavy (non-hydrogen) atoms. The molecule has 0 amide bonds. The van der Waals surface area contributed by atoms with Gasteiger partial charge in [-0.25, -0.2) is 8.42 Å². The van der Waals surface area contributed by atoms with Crippen LogP contribution in [0.1, 0.15) is 26.5 Å². The minimum Gasteiger partial charge on any atom is -0.313 e. The highest BCUT2D eigenvalue weighted by Gasteiger charge is 2.20. The van der Waals surface area contributed by atoms with Gasteiger partial charge in [0.05, 0.1) is 17.1 Å². The summed E-state index contributed by atoms with van der Waals surface area (Å²) in [6.45, 7) is 7.92. The molecule has 1 heterocycles. The predicted octanol–water partition coefficient (Wildman–Crippen LogP) is 1.52. The topological polar surface area (TPSA) is 71.1 Å². The quantitative estimate of drug-likeness (QED) is 0.823. The molecule has 6 heteroatoms. The van der Waals surface area contributed by atoms with Crippen LogP contribution in [0, 0.1) is 6.92 Å². The lowest BCUT2D eigenvalue weighted by atomic mass is 10.3. The SMILES string of the molecule is Cc1ccc(NS(=O)(=O)C(C)CNC(C)C)cn1. The highest BCUT2D eigenvalue weighted by atomic mass is 32.2. The van der Waals surface area contributed by atoms with Crippen LogP contribution in [0.15, 0.2) is 18.3 Å². The maximum Gasteiger partial charge on any atom is 0.236 e. The van der Waals surface area contributed by atoms with Crippen molar-refractivity contribution in [1.29, 1.82) is 0 Å². The fraction of sp³-hybridized carbons (Fsp3) is 0.583. The lowest BCUT2D eigenvalue weighted by molar-refractivity contribution is 0.553. The Hall–Kier alpha value is -1.14. The molecule has 2 N–H and O–H groups in total. The Morgan fingerprint density at radius 1 is 1.28 bits per heavy atom. The van der Waals surface area contributed by atoms with Crippen LogP contribution in [0.5, 0.6) is 0 Å². The Balaban J connectivity index is 2.66. The van der Waals surface area contributed by atoms with Crippen molar-refractivity contribution < 1.29 is 8.42 Å². The van der Waals surface area contributed by atoms with Crippen molar-refractivity contribution in [2.45, 2.75) is 39.0 Å². The van der Waals surface area contributed by atoms with Crippen molar-refractivity contribution in [3.8, 4) is 0 Å². The first-order chi connectivity index (χ1) is 8.31. The average Bonchev–Trinajstić information content (AvgIpc) is 2.28. The Morgan fingerprint density at radius 3 is 2.44 bits per heavy atom. The number of hydrogen-bond donors (Lipinski definition) is 2. The highest BCUT2D eigenvalue weighted by Crippen LogP contribution is 2.11. The van der Waals surface area contributed by atoms with E-state index >= 15 is 0 Å². The third kappa shape index (κ3) is 4.62. The van der Waals surface area contributed by atoms with E-state index in [1.54, 1.807) is 19.1 Å². The summed E-state index contributed by atoms with van der Waals surface area (Å²) in [6.07, 6.45) is 1.52. The van der Waals surface area contributed by atoms with E-state index in [4.69, 9.17) is 0 Å². The van der Waals surface area contributed by atoms with Gasteiger partial charge in [0.2, 0.25) is 10.0 Å². The number of sulfonamides is 1. The first-order valence-electron chi connectivity index (χ1n) is 5.99. The number of nitrogens with zero attached hydrogens (tertiary/aromatic N) is 1. The van der Waals surface area contributed by atoms with Crippen LogP contribution in [0.2, 0.25) is 0 Å². The maximum atomic E-state index is 12.0. The monoisotopic (exact) mass is 271 g/mol. The molecule has 1 atom stereocenters. The van der Waals surface area contributed by atoms with Crippen LogP contribution >= 0.6 is 0 Å². The van der Waals surface area contributed by atoms with Crippen LogP contribution in [-0.2, 0) is 10.0 Å². The molecule has 0 saturated heterocycles. The molecule has 0 radical (unpaired) electrons. The normalized spacial score (nSPS) is 13.6. The van der Waals surface area contributed by atoms with E-state index in [-0.39, 0.29) is 6.04 Å². The molecule has 5 nitrogen and oxygen atoms in total. The van der Waals surface area contributed by atoms with Gasteiger partial charge in [-0.15, -0.1) is 0 Å². The number of anilines is 1. The Morgan fingerprint density at radius 2 is 1.94 bits per heavy atom. The number of rotatable bonds is 6. The molecule has 0 aromatic carbocycles. The van der Waals surface area contributed by atoms with Crippen LogP contribution in [-0.4, -0.2) is 31.2 Å². The minimum atomic E-state index is -3.37. The largest absolute Gasteiger partial charge is 0.313 e. The summed E-state index contributed by atoms with van der Waals surface area (Å²) in [7, 11) is -3.37. The molecule has 1 rings (SSSR count). The molecule has 1 aromatic rings. The summed E-state index contributed by atoms with van der Waals surface area (Å²) in [5, 5.41) is 2.61. The van der Waals surface area contributed by atoms with Crippen molar-refractivity contribution in [3.05, 3.63) is 24.0 Å². The number of aryl methyl sites for hydroxylation is 1. The zero-order chi connectivity index (χ0) is 13.8. The maximum absolute atomic E-state index is 12.0. The van der Waals surface area contributed by atoms with Crippen LogP contribution < -0.4 is 10.0 Å². The summed E-state index contributed by atoms with van der Waals surface area (Å²) in [4.78, 5) is 4.05. The molecule has 0 aliphatic carbocycles. The van der Waals surface area contributed by atoms with Crippen molar-refractivity contribution in [3.63, 3.8) is 0 Å². The fourth-order valence-corrected chi connectivity index (χ4v) is 2.27. The van der Waals surface area contributed by atoms with Crippen molar-refractivity contribution >= 4 is 15.7 Å². The summed E-state index contributed by atoms with van der Waals surface area (Å²) in [5.41, 5.74) is 1.35. The van der Waals surface area contributed by atoms with E-state index < -0.39 is 15.3 Å². The van der Waals surface area contributed by atoms with Crippen molar-refractivity contribution in [1.82, 2.24) is 10.3 Å². The van der Waals surface area contributed by atoms with Crippen molar-refractivity contribution in [2.24, 2.45) is 0 Å². The van der Waals surface area contributed by atoms with Gasteiger partial charge in [0, 0.05) is 18.3 Å². The summed E-state index contributed by atoms with van der Waals surface area (Å²) in [6, 6.07) is 3.75. The van der Waals surface area contributed by atoms with E-state index in [0.717, 1.165) is 5.69 Å². The minimum absolute atomic E-state index is 0.267. The molecule has 0 bridgehead atoms. The smallest absolute Gasteiger partial charge is 0.236 e. The van der Waals surface area contributed by atoms with Crippen LogP contribution in [0.25, 0.3) is 0 Å². The second kappa shape index (κ2) is 6.15. The summed E-state index contributed by atoms with van der Waals surface area (Å²) < 4.78 is 26.6.